The molecule has 0 radical (unpaired) electrons. The van der Waals surface area contributed by atoms with Gasteiger partial charge in [0.2, 0.25) is 0 Å². The number of fused-ring (bicyclic) bond motifs is 3. The van der Waals surface area contributed by atoms with Gasteiger partial charge in [-0.3, -0.25) is 0 Å². The number of nitrogens with two attached hydrogens (primary N) is 1. The molecule has 2 aromatic heterocycles. The highest BCUT2D eigenvalue weighted by molar-refractivity contribution is 7.15. The van der Waals surface area contributed by atoms with Crippen LogP contribution in [-0.2, 0) is 12.8 Å². The Hall–Kier alpha value is -2.99. The molecule has 0 saturated carbocycles. The lowest BCUT2D eigenvalue weighted by atomic mass is 9.95. The lowest BCUT2D eigenvalue weighted by Crippen LogP contribution is -2.01. The number of para-hydroxylation sites is 1. The molecule has 0 fully saturated rings. The van der Waals surface area contributed by atoms with Crippen LogP contribution in [0.2, 0.25) is 0 Å². The predicted octanol–water partition coefficient (Wildman–Crippen LogP) is 4.48. The molecular formula is C20H15FN4S. The van der Waals surface area contributed by atoms with Crippen molar-refractivity contribution in [3.05, 3.63) is 71.0 Å². The number of halogens is 1. The third-order valence-electron chi connectivity index (χ3n) is 4.62. The molecule has 26 heavy (non-hydrogen) atoms. The second-order valence-electron chi connectivity index (χ2n) is 6.25. The Bertz CT molecular complexity index is 1100. The van der Waals surface area contributed by atoms with Crippen molar-refractivity contribution in [1.29, 1.82) is 0 Å². The Kier molecular flexibility index (Phi) is 3.39. The number of anilines is 1. The van der Waals surface area contributed by atoms with Crippen molar-refractivity contribution in [3.8, 4) is 28.2 Å². The molecule has 0 unspecified atom stereocenters. The van der Waals surface area contributed by atoms with Crippen molar-refractivity contribution in [2.45, 2.75) is 12.8 Å². The molecule has 4 nitrogen and oxygen atoms in total. The number of rotatable bonds is 2. The van der Waals surface area contributed by atoms with Gasteiger partial charge in [-0.25, -0.2) is 14.1 Å². The quantitative estimate of drug-likeness (QED) is 0.572. The van der Waals surface area contributed by atoms with E-state index in [1.54, 1.807) is 12.1 Å². The Morgan fingerprint density at radius 1 is 1.00 bits per heavy atom. The van der Waals surface area contributed by atoms with E-state index in [0.717, 1.165) is 46.7 Å². The van der Waals surface area contributed by atoms with Gasteiger partial charge < -0.3 is 5.73 Å². The smallest absolute Gasteiger partial charge is 0.180 e. The number of hydrogen-bond acceptors (Lipinski definition) is 4. The minimum Gasteiger partial charge on any atom is -0.375 e. The highest BCUT2D eigenvalue weighted by atomic mass is 32.1. The highest BCUT2D eigenvalue weighted by Gasteiger charge is 2.29. The summed E-state index contributed by atoms with van der Waals surface area (Å²) >= 11 is 1.53. The van der Waals surface area contributed by atoms with Crippen LogP contribution < -0.4 is 5.73 Å². The van der Waals surface area contributed by atoms with E-state index in [1.807, 2.05) is 35.0 Å². The van der Waals surface area contributed by atoms with Gasteiger partial charge in [-0.05, 0) is 49.2 Å². The number of aryl methyl sites for hydroxylation is 2. The molecule has 2 aromatic carbocycles. The van der Waals surface area contributed by atoms with Crippen LogP contribution in [0.15, 0.2) is 54.6 Å². The minimum atomic E-state index is -0.257. The molecule has 0 amide bonds. The molecule has 5 rings (SSSR count). The molecule has 0 saturated heterocycles. The Labute approximate surface area is 153 Å². The monoisotopic (exact) mass is 362 g/mol. The third kappa shape index (κ3) is 2.34. The summed E-state index contributed by atoms with van der Waals surface area (Å²) in [6.07, 6.45) is 1.74. The van der Waals surface area contributed by atoms with E-state index in [-0.39, 0.29) is 5.82 Å². The number of benzene rings is 2. The standard InChI is InChI=1S/C20H15FN4S/c21-13-8-6-12(7-9-13)19-17-15(10-11-16-18(17)23-20(22)26-16)24-25(19)14-4-2-1-3-5-14/h1-9H,10-11H2,(H2,22,23). The highest BCUT2D eigenvalue weighted by Crippen LogP contribution is 2.43. The van der Waals surface area contributed by atoms with Gasteiger partial charge in [0, 0.05) is 10.4 Å². The summed E-state index contributed by atoms with van der Waals surface area (Å²) in [6.45, 7) is 0. The molecule has 2 N–H and O–H groups in total. The molecule has 0 bridgehead atoms. The van der Waals surface area contributed by atoms with E-state index in [4.69, 9.17) is 10.8 Å². The summed E-state index contributed by atoms with van der Waals surface area (Å²) in [5, 5.41) is 5.44. The van der Waals surface area contributed by atoms with Crippen molar-refractivity contribution >= 4 is 16.5 Å². The topological polar surface area (TPSA) is 56.7 Å². The van der Waals surface area contributed by atoms with Gasteiger partial charge in [0.05, 0.1) is 28.3 Å². The molecule has 0 spiro atoms. The number of nitrogen functional groups attached to an aromatic ring is 1. The van der Waals surface area contributed by atoms with Crippen LogP contribution in [0, 0.1) is 5.82 Å². The predicted molar refractivity (Wildman–Crippen MR) is 102 cm³/mol. The first kappa shape index (κ1) is 15.3. The SMILES string of the molecule is Nc1nc2c(s1)CCc1nn(-c3ccccc3)c(-c3ccc(F)cc3)c1-2. The number of hydrogen-bond donors (Lipinski definition) is 1. The van der Waals surface area contributed by atoms with E-state index in [1.165, 1.54) is 28.3 Å². The van der Waals surface area contributed by atoms with Gasteiger partial charge in [-0.2, -0.15) is 5.10 Å². The first-order valence-electron chi connectivity index (χ1n) is 8.39. The molecule has 128 valence electrons. The van der Waals surface area contributed by atoms with E-state index in [9.17, 15) is 4.39 Å². The van der Waals surface area contributed by atoms with Gasteiger partial charge in [0.1, 0.15) is 5.82 Å². The average molecular weight is 362 g/mol. The van der Waals surface area contributed by atoms with Gasteiger partial charge in [-0.1, -0.05) is 18.2 Å². The molecule has 0 atom stereocenters. The minimum absolute atomic E-state index is 0.257. The average Bonchev–Trinajstić information content (AvgIpc) is 3.23. The fourth-order valence-corrected chi connectivity index (χ4v) is 4.32. The fraction of sp³-hybridized carbons (Fsp3) is 0.100. The van der Waals surface area contributed by atoms with Crippen LogP contribution in [0.5, 0.6) is 0 Å². The summed E-state index contributed by atoms with van der Waals surface area (Å²) in [5.41, 5.74) is 11.7. The van der Waals surface area contributed by atoms with Crippen molar-refractivity contribution in [1.82, 2.24) is 14.8 Å². The summed E-state index contributed by atoms with van der Waals surface area (Å²) in [4.78, 5) is 5.76. The largest absolute Gasteiger partial charge is 0.375 e. The van der Waals surface area contributed by atoms with Crippen molar-refractivity contribution in [3.63, 3.8) is 0 Å². The summed E-state index contributed by atoms with van der Waals surface area (Å²) in [7, 11) is 0. The molecule has 2 heterocycles. The van der Waals surface area contributed by atoms with Crippen LogP contribution >= 0.6 is 11.3 Å². The van der Waals surface area contributed by atoms with Gasteiger partial charge in [0.25, 0.3) is 0 Å². The summed E-state index contributed by atoms with van der Waals surface area (Å²) in [6, 6.07) is 16.5. The second-order valence-corrected chi connectivity index (χ2v) is 7.36. The Morgan fingerprint density at radius 2 is 1.77 bits per heavy atom. The maximum Gasteiger partial charge on any atom is 0.180 e. The van der Waals surface area contributed by atoms with Gasteiger partial charge in [-0.15, -0.1) is 11.3 Å². The van der Waals surface area contributed by atoms with Crippen LogP contribution in [-0.4, -0.2) is 14.8 Å². The third-order valence-corrected chi connectivity index (χ3v) is 5.56. The van der Waals surface area contributed by atoms with Crippen LogP contribution in [0.4, 0.5) is 9.52 Å². The van der Waals surface area contributed by atoms with E-state index >= 15 is 0 Å². The van der Waals surface area contributed by atoms with E-state index in [0.29, 0.717) is 5.13 Å². The van der Waals surface area contributed by atoms with Crippen molar-refractivity contribution < 1.29 is 4.39 Å². The fourth-order valence-electron chi connectivity index (χ4n) is 3.48. The van der Waals surface area contributed by atoms with Crippen molar-refractivity contribution in [2.75, 3.05) is 5.73 Å². The normalized spacial score (nSPS) is 12.7. The lowest BCUT2D eigenvalue weighted by molar-refractivity contribution is 0.628. The van der Waals surface area contributed by atoms with Gasteiger partial charge >= 0.3 is 0 Å². The molecule has 4 aromatic rings. The van der Waals surface area contributed by atoms with Gasteiger partial charge in [0.15, 0.2) is 5.13 Å². The first-order valence-corrected chi connectivity index (χ1v) is 9.21. The summed E-state index contributed by atoms with van der Waals surface area (Å²) < 4.78 is 15.4. The molecule has 6 heteroatoms. The molecule has 0 aliphatic heterocycles. The zero-order valence-electron chi connectivity index (χ0n) is 13.8. The van der Waals surface area contributed by atoms with Crippen LogP contribution in [0.1, 0.15) is 10.6 Å². The molecule has 1 aliphatic carbocycles. The maximum absolute atomic E-state index is 13.5. The maximum atomic E-state index is 13.5. The number of thiazole rings is 1. The number of nitrogens with zero attached hydrogens (tertiary/aromatic N) is 3. The van der Waals surface area contributed by atoms with Crippen LogP contribution in [0.25, 0.3) is 28.2 Å². The Balaban J connectivity index is 1.83. The molecule has 1 aliphatic rings. The number of aromatic nitrogens is 3. The van der Waals surface area contributed by atoms with Crippen LogP contribution in [0.3, 0.4) is 0 Å². The summed E-state index contributed by atoms with van der Waals surface area (Å²) in [5.74, 6) is -0.257. The van der Waals surface area contributed by atoms with Crippen molar-refractivity contribution in [2.24, 2.45) is 0 Å². The second kappa shape index (κ2) is 5.78. The van der Waals surface area contributed by atoms with E-state index < -0.39 is 0 Å². The lowest BCUT2D eigenvalue weighted by Gasteiger charge is -2.12. The van der Waals surface area contributed by atoms with E-state index in [2.05, 4.69) is 4.98 Å². The zero-order chi connectivity index (χ0) is 17.7. The first-order chi connectivity index (χ1) is 12.7. The Morgan fingerprint density at radius 3 is 2.54 bits per heavy atom. The molecular weight excluding hydrogens is 347 g/mol. The zero-order valence-corrected chi connectivity index (χ0v) is 14.6.